The Morgan fingerprint density at radius 3 is 2.36 bits per heavy atom. The van der Waals surface area contributed by atoms with Gasteiger partial charge in [0.05, 0.1) is 22.7 Å². The number of hydrogen-bond donors (Lipinski definition) is 3. The topological polar surface area (TPSA) is 96.6 Å². The molecule has 1 aliphatic rings. The van der Waals surface area contributed by atoms with Gasteiger partial charge < -0.3 is 11.2 Å². The van der Waals surface area contributed by atoms with E-state index in [0.29, 0.717) is 49.2 Å². The number of anilines is 1. The summed E-state index contributed by atoms with van der Waals surface area (Å²) in [5.74, 6) is 0. The van der Waals surface area contributed by atoms with E-state index in [1.165, 1.54) is 0 Å². The molecule has 36 heavy (non-hydrogen) atoms. The van der Waals surface area contributed by atoms with Crippen molar-refractivity contribution in [1.29, 1.82) is 0 Å². The lowest BCUT2D eigenvalue weighted by atomic mass is 9.96. The van der Waals surface area contributed by atoms with Crippen molar-refractivity contribution in [3.05, 3.63) is 105 Å². The van der Waals surface area contributed by atoms with E-state index in [4.69, 9.17) is 40.5 Å². The minimum atomic E-state index is -4.03. The number of benzene rings is 4. The number of nitrogens with one attached hydrogen (secondary N) is 2. The molecule has 4 aromatic carbocycles. The van der Waals surface area contributed by atoms with Crippen molar-refractivity contribution < 1.29 is 8.42 Å². The van der Waals surface area contributed by atoms with Gasteiger partial charge in [-0.15, -0.1) is 0 Å². The zero-order chi connectivity index (χ0) is 25.4. The standard InChI is InChI=1S/C26H21Cl3N4O2S/c27-16-9-7-15(8-10-16)23-14-24(32-31-23)26(20-12-11-17(28)13-21(20)29)33-36(34,35)25-6-2-3-18-19(25)4-1-5-22(18)30/h1-13,23,26,31,33H,14,30H2. The molecular weight excluding hydrogens is 539 g/mol. The highest BCUT2D eigenvalue weighted by Gasteiger charge is 2.33. The van der Waals surface area contributed by atoms with E-state index < -0.39 is 16.1 Å². The molecule has 0 spiro atoms. The maximum absolute atomic E-state index is 13.8. The summed E-state index contributed by atoms with van der Waals surface area (Å²) >= 11 is 18.7. The van der Waals surface area contributed by atoms with Crippen molar-refractivity contribution in [3.63, 3.8) is 0 Å². The fraction of sp³-hybridized carbons (Fsp3) is 0.115. The molecule has 4 aromatic rings. The van der Waals surface area contributed by atoms with Crippen LogP contribution in [0.5, 0.6) is 0 Å². The van der Waals surface area contributed by atoms with Crippen molar-refractivity contribution in [2.75, 3.05) is 5.73 Å². The van der Waals surface area contributed by atoms with Crippen LogP contribution in [0.4, 0.5) is 5.69 Å². The Morgan fingerprint density at radius 1 is 0.917 bits per heavy atom. The summed E-state index contributed by atoms with van der Waals surface area (Å²) in [7, 11) is -4.03. The van der Waals surface area contributed by atoms with Crippen LogP contribution in [0.2, 0.25) is 15.1 Å². The molecule has 0 fully saturated rings. The Labute approximate surface area is 224 Å². The molecule has 5 rings (SSSR count). The van der Waals surface area contributed by atoms with E-state index in [2.05, 4.69) is 15.2 Å². The zero-order valence-corrected chi connectivity index (χ0v) is 21.8. The minimum absolute atomic E-state index is 0.114. The van der Waals surface area contributed by atoms with Crippen LogP contribution in [0, 0.1) is 0 Å². The molecular formula is C26H21Cl3N4O2S. The van der Waals surface area contributed by atoms with Gasteiger partial charge in [-0.25, -0.2) is 8.42 Å². The second kappa shape index (κ2) is 9.92. The number of nitrogens with two attached hydrogens (primary N) is 1. The van der Waals surface area contributed by atoms with Gasteiger partial charge in [0.2, 0.25) is 10.0 Å². The number of sulfonamides is 1. The number of nitrogens with zero attached hydrogens (tertiary/aromatic N) is 1. The van der Waals surface area contributed by atoms with Crippen molar-refractivity contribution in [3.8, 4) is 0 Å². The highest BCUT2D eigenvalue weighted by atomic mass is 35.5. The summed E-state index contributed by atoms with van der Waals surface area (Å²) in [4.78, 5) is 0.114. The van der Waals surface area contributed by atoms with Crippen molar-refractivity contribution in [1.82, 2.24) is 10.1 Å². The Kier molecular flexibility index (Phi) is 6.85. The van der Waals surface area contributed by atoms with Crippen LogP contribution in [0.25, 0.3) is 10.8 Å². The molecule has 4 N–H and O–H groups in total. The van der Waals surface area contributed by atoms with Crippen LogP contribution in [-0.2, 0) is 10.0 Å². The quantitative estimate of drug-likeness (QED) is 0.235. The largest absolute Gasteiger partial charge is 0.398 e. The minimum Gasteiger partial charge on any atom is -0.398 e. The monoisotopic (exact) mass is 558 g/mol. The normalized spacial score (nSPS) is 16.5. The third-order valence-corrected chi connectivity index (χ3v) is 8.43. The van der Waals surface area contributed by atoms with E-state index in [1.54, 1.807) is 66.7 Å². The first-order valence-corrected chi connectivity index (χ1v) is 13.7. The van der Waals surface area contributed by atoms with Crippen molar-refractivity contribution >= 4 is 67.0 Å². The molecule has 1 heterocycles. The summed E-state index contributed by atoms with van der Waals surface area (Å²) < 4.78 is 30.3. The van der Waals surface area contributed by atoms with Gasteiger partial charge in [-0.1, -0.05) is 77.3 Å². The van der Waals surface area contributed by atoms with E-state index >= 15 is 0 Å². The molecule has 6 nitrogen and oxygen atoms in total. The van der Waals surface area contributed by atoms with E-state index in [1.807, 2.05) is 12.1 Å². The smallest absolute Gasteiger partial charge is 0.242 e. The predicted octanol–water partition coefficient (Wildman–Crippen LogP) is 6.49. The molecule has 0 bridgehead atoms. The SMILES string of the molecule is Nc1cccc2c(S(=O)(=O)NC(C3=NNC(c4ccc(Cl)cc4)C3)c3ccc(Cl)cc3Cl)cccc12. The summed E-state index contributed by atoms with van der Waals surface area (Å²) in [5, 5.41) is 7.09. The lowest BCUT2D eigenvalue weighted by molar-refractivity contribution is 0.577. The fourth-order valence-corrected chi connectivity index (χ4v) is 6.41. The molecule has 0 amide bonds. The molecule has 1 aliphatic heterocycles. The number of hydrazone groups is 1. The second-order valence-electron chi connectivity index (χ2n) is 8.46. The van der Waals surface area contributed by atoms with Gasteiger partial charge in [0, 0.05) is 37.9 Å². The lowest BCUT2D eigenvalue weighted by Crippen LogP contribution is -2.34. The summed E-state index contributed by atoms with van der Waals surface area (Å²) in [6.45, 7) is 0. The first-order valence-electron chi connectivity index (χ1n) is 11.0. The Balaban J connectivity index is 1.54. The number of fused-ring (bicyclic) bond motifs is 1. The molecule has 0 saturated carbocycles. The fourth-order valence-electron chi connectivity index (χ4n) is 4.34. The van der Waals surface area contributed by atoms with Crippen LogP contribution >= 0.6 is 34.8 Å². The van der Waals surface area contributed by atoms with Crippen LogP contribution in [-0.4, -0.2) is 14.1 Å². The Bertz CT molecular complexity index is 1590. The molecule has 184 valence electrons. The zero-order valence-electron chi connectivity index (χ0n) is 18.8. The van der Waals surface area contributed by atoms with Gasteiger partial charge in [0.1, 0.15) is 0 Å². The maximum Gasteiger partial charge on any atom is 0.242 e. The van der Waals surface area contributed by atoms with Crippen LogP contribution in [0.3, 0.4) is 0 Å². The Hall–Kier alpha value is -2.81. The summed E-state index contributed by atoms with van der Waals surface area (Å²) in [6.07, 6.45) is 0.455. The van der Waals surface area contributed by atoms with Gasteiger partial charge in [-0.3, -0.25) is 0 Å². The molecule has 0 aliphatic carbocycles. The van der Waals surface area contributed by atoms with Crippen LogP contribution in [0.15, 0.2) is 88.9 Å². The molecule has 10 heteroatoms. The predicted molar refractivity (Wildman–Crippen MR) is 147 cm³/mol. The van der Waals surface area contributed by atoms with E-state index in [9.17, 15) is 8.42 Å². The lowest BCUT2D eigenvalue weighted by Gasteiger charge is -2.21. The van der Waals surface area contributed by atoms with Gasteiger partial charge >= 0.3 is 0 Å². The summed E-state index contributed by atoms with van der Waals surface area (Å²) in [6, 6.07) is 21.6. The molecule has 0 saturated heterocycles. The maximum atomic E-state index is 13.8. The molecule has 0 radical (unpaired) electrons. The number of hydrogen-bond acceptors (Lipinski definition) is 5. The van der Waals surface area contributed by atoms with Gasteiger partial charge in [-0.2, -0.15) is 9.82 Å². The van der Waals surface area contributed by atoms with E-state index in [-0.39, 0.29) is 10.9 Å². The third kappa shape index (κ3) is 4.90. The number of halogens is 3. The number of rotatable bonds is 6. The molecule has 2 unspecified atom stereocenters. The average Bonchev–Trinajstić information content (AvgIpc) is 3.33. The van der Waals surface area contributed by atoms with Crippen LogP contribution in [0.1, 0.15) is 29.6 Å². The average molecular weight is 560 g/mol. The third-order valence-electron chi connectivity index (χ3n) is 6.13. The van der Waals surface area contributed by atoms with Gasteiger partial charge in [-0.05, 0) is 47.5 Å². The first-order chi connectivity index (χ1) is 17.2. The number of nitrogen functional groups attached to an aromatic ring is 1. The van der Waals surface area contributed by atoms with E-state index in [0.717, 1.165) is 5.56 Å². The Morgan fingerprint density at radius 2 is 1.61 bits per heavy atom. The van der Waals surface area contributed by atoms with Gasteiger partial charge in [0.15, 0.2) is 0 Å². The van der Waals surface area contributed by atoms with Crippen molar-refractivity contribution in [2.24, 2.45) is 5.10 Å². The molecule has 2 atom stereocenters. The van der Waals surface area contributed by atoms with Crippen molar-refractivity contribution in [2.45, 2.75) is 23.4 Å². The molecule has 0 aromatic heterocycles. The second-order valence-corrected chi connectivity index (χ2v) is 11.4. The first kappa shape index (κ1) is 24.9. The van der Waals surface area contributed by atoms with Gasteiger partial charge in [0.25, 0.3) is 0 Å². The summed E-state index contributed by atoms with van der Waals surface area (Å²) in [5.41, 5.74) is 11.8. The van der Waals surface area contributed by atoms with Crippen LogP contribution < -0.4 is 15.9 Å². The highest BCUT2D eigenvalue weighted by molar-refractivity contribution is 7.89. The highest BCUT2D eigenvalue weighted by Crippen LogP contribution is 2.35.